The maximum absolute atomic E-state index is 11.6. The van der Waals surface area contributed by atoms with E-state index >= 15 is 0 Å². The molecule has 2 rings (SSSR count). The first-order valence-electron chi connectivity index (χ1n) is 6.45. The number of hydrogen-bond donors (Lipinski definition) is 3. The summed E-state index contributed by atoms with van der Waals surface area (Å²) >= 11 is 0. The zero-order valence-corrected chi connectivity index (χ0v) is 11.1. The zero-order valence-electron chi connectivity index (χ0n) is 11.1. The summed E-state index contributed by atoms with van der Waals surface area (Å²) in [6.07, 6.45) is 4.10. The Labute approximate surface area is 117 Å². The van der Waals surface area contributed by atoms with Gasteiger partial charge < -0.3 is 20.8 Å². The van der Waals surface area contributed by atoms with E-state index in [2.05, 4.69) is 15.3 Å². The largest absolute Gasteiger partial charge is 0.483 e. The molecule has 0 saturated heterocycles. The summed E-state index contributed by atoms with van der Waals surface area (Å²) in [6, 6.07) is 7.42. The second kappa shape index (κ2) is 7.30. The molecule has 1 amide bonds. The molecular formula is C14H18N4O2. The topological polar surface area (TPSA) is 93.0 Å². The van der Waals surface area contributed by atoms with Gasteiger partial charge in [-0.05, 0) is 6.07 Å². The van der Waals surface area contributed by atoms with Gasteiger partial charge in [0.05, 0.1) is 0 Å². The average Bonchev–Trinajstić information content (AvgIpc) is 2.98. The molecule has 0 atom stereocenters. The molecule has 1 heterocycles. The van der Waals surface area contributed by atoms with E-state index < -0.39 is 0 Å². The lowest BCUT2D eigenvalue weighted by Crippen LogP contribution is -2.30. The van der Waals surface area contributed by atoms with Crippen LogP contribution in [0.4, 0.5) is 0 Å². The zero-order chi connectivity index (χ0) is 14.2. The lowest BCUT2D eigenvalue weighted by atomic mass is 10.2. The van der Waals surface area contributed by atoms with Crippen molar-refractivity contribution in [3.63, 3.8) is 0 Å². The van der Waals surface area contributed by atoms with Crippen LogP contribution in [-0.2, 0) is 17.8 Å². The Morgan fingerprint density at radius 1 is 1.40 bits per heavy atom. The summed E-state index contributed by atoms with van der Waals surface area (Å²) in [5.41, 5.74) is 6.49. The Kier molecular flexibility index (Phi) is 5.14. The van der Waals surface area contributed by atoms with E-state index in [9.17, 15) is 4.79 Å². The number of hydrogen-bond acceptors (Lipinski definition) is 4. The van der Waals surface area contributed by atoms with Crippen molar-refractivity contribution in [1.82, 2.24) is 15.3 Å². The quantitative estimate of drug-likeness (QED) is 0.689. The molecule has 6 heteroatoms. The van der Waals surface area contributed by atoms with Gasteiger partial charge in [-0.15, -0.1) is 0 Å². The number of benzene rings is 1. The van der Waals surface area contributed by atoms with Crippen molar-refractivity contribution in [2.75, 3.05) is 13.2 Å². The van der Waals surface area contributed by atoms with Crippen LogP contribution >= 0.6 is 0 Å². The SMILES string of the molecule is NCc1ccccc1OCC(=O)NCCc1ncc[nH]1. The van der Waals surface area contributed by atoms with Crippen LogP contribution in [0.2, 0.25) is 0 Å². The Morgan fingerprint density at radius 2 is 2.25 bits per heavy atom. The highest BCUT2D eigenvalue weighted by Gasteiger charge is 2.05. The van der Waals surface area contributed by atoms with Crippen LogP contribution in [0.5, 0.6) is 5.75 Å². The number of rotatable bonds is 7. The van der Waals surface area contributed by atoms with E-state index in [1.807, 2.05) is 18.2 Å². The average molecular weight is 274 g/mol. The molecule has 0 spiro atoms. The number of nitrogens with two attached hydrogens (primary N) is 1. The highest BCUT2D eigenvalue weighted by molar-refractivity contribution is 5.77. The second-order valence-corrected chi connectivity index (χ2v) is 4.24. The third-order valence-electron chi connectivity index (χ3n) is 2.79. The lowest BCUT2D eigenvalue weighted by molar-refractivity contribution is -0.123. The lowest BCUT2D eigenvalue weighted by Gasteiger charge is -2.10. The minimum atomic E-state index is -0.164. The van der Waals surface area contributed by atoms with Gasteiger partial charge in [0.1, 0.15) is 11.6 Å². The third kappa shape index (κ3) is 4.10. The summed E-state index contributed by atoms with van der Waals surface area (Å²) in [7, 11) is 0. The van der Waals surface area contributed by atoms with Crippen molar-refractivity contribution >= 4 is 5.91 Å². The van der Waals surface area contributed by atoms with E-state index in [1.54, 1.807) is 18.5 Å². The van der Waals surface area contributed by atoms with Gasteiger partial charge in [0, 0.05) is 37.5 Å². The summed E-state index contributed by atoms with van der Waals surface area (Å²) in [5.74, 6) is 1.33. The van der Waals surface area contributed by atoms with Crippen LogP contribution in [0.25, 0.3) is 0 Å². The van der Waals surface area contributed by atoms with Crippen molar-refractivity contribution in [3.8, 4) is 5.75 Å². The standard InChI is InChI=1S/C14H18N4O2/c15-9-11-3-1-2-4-12(11)20-10-14(19)18-6-5-13-16-7-8-17-13/h1-4,7-8H,5-6,9-10,15H2,(H,16,17)(H,18,19). The van der Waals surface area contributed by atoms with Crippen molar-refractivity contribution in [1.29, 1.82) is 0 Å². The van der Waals surface area contributed by atoms with E-state index in [1.165, 1.54) is 0 Å². The number of para-hydroxylation sites is 1. The van der Waals surface area contributed by atoms with E-state index in [0.717, 1.165) is 11.4 Å². The minimum Gasteiger partial charge on any atom is -0.483 e. The Hall–Kier alpha value is -2.34. The van der Waals surface area contributed by atoms with Gasteiger partial charge in [0.2, 0.25) is 0 Å². The van der Waals surface area contributed by atoms with Crippen LogP contribution < -0.4 is 15.8 Å². The number of aromatic amines is 1. The Morgan fingerprint density at radius 3 is 3.00 bits per heavy atom. The monoisotopic (exact) mass is 274 g/mol. The summed E-state index contributed by atoms with van der Waals surface area (Å²) in [6.45, 7) is 0.889. The number of imidazole rings is 1. The molecule has 1 aromatic heterocycles. The Bertz CT molecular complexity index is 540. The predicted octanol–water partition coefficient (Wildman–Crippen LogP) is 0.606. The van der Waals surface area contributed by atoms with Crippen LogP contribution in [0.15, 0.2) is 36.7 Å². The predicted molar refractivity (Wildman–Crippen MR) is 75.1 cm³/mol. The molecule has 2 aromatic rings. The number of aromatic nitrogens is 2. The molecule has 106 valence electrons. The molecule has 0 radical (unpaired) electrons. The van der Waals surface area contributed by atoms with Gasteiger partial charge in [0.25, 0.3) is 5.91 Å². The van der Waals surface area contributed by atoms with Gasteiger partial charge in [-0.2, -0.15) is 0 Å². The van der Waals surface area contributed by atoms with Crippen LogP contribution in [-0.4, -0.2) is 29.0 Å². The summed E-state index contributed by atoms with van der Waals surface area (Å²) in [4.78, 5) is 18.7. The van der Waals surface area contributed by atoms with Gasteiger partial charge in [-0.3, -0.25) is 4.79 Å². The molecule has 0 aliphatic carbocycles. The molecule has 0 fully saturated rings. The number of amides is 1. The molecule has 0 aliphatic rings. The molecule has 0 bridgehead atoms. The summed E-state index contributed by atoms with van der Waals surface area (Å²) < 4.78 is 5.46. The fourth-order valence-electron chi connectivity index (χ4n) is 1.76. The first-order valence-corrected chi connectivity index (χ1v) is 6.45. The molecular weight excluding hydrogens is 256 g/mol. The van der Waals surface area contributed by atoms with Crippen LogP contribution in [0.1, 0.15) is 11.4 Å². The Balaban J connectivity index is 1.72. The molecule has 0 unspecified atom stereocenters. The normalized spacial score (nSPS) is 10.2. The van der Waals surface area contributed by atoms with E-state index in [4.69, 9.17) is 10.5 Å². The number of nitrogens with one attached hydrogen (secondary N) is 2. The van der Waals surface area contributed by atoms with Crippen molar-refractivity contribution in [3.05, 3.63) is 48.0 Å². The fourth-order valence-corrected chi connectivity index (χ4v) is 1.76. The van der Waals surface area contributed by atoms with Gasteiger partial charge in [0.15, 0.2) is 6.61 Å². The first-order chi connectivity index (χ1) is 9.79. The number of carbonyl (C=O) groups is 1. The molecule has 1 aromatic carbocycles. The van der Waals surface area contributed by atoms with Gasteiger partial charge in [-0.25, -0.2) is 4.98 Å². The second-order valence-electron chi connectivity index (χ2n) is 4.24. The smallest absolute Gasteiger partial charge is 0.257 e. The maximum Gasteiger partial charge on any atom is 0.257 e. The maximum atomic E-state index is 11.6. The highest BCUT2D eigenvalue weighted by Crippen LogP contribution is 2.16. The molecule has 20 heavy (non-hydrogen) atoms. The molecule has 4 N–H and O–H groups in total. The van der Waals surface area contributed by atoms with Crippen molar-refractivity contribution in [2.24, 2.45) is 5.73 Å². The number of nitrogens with zero attached hydrogens (tertiary/aromatic N) is 1. The number of ether oxygens (including phenoxy) is 1. The van der Waals surface area contributed by atoms with Gasteiger partial charge >= 0.3 is 0 Å². The van der Waals surface area contributed by atoms with Crippen LogP contribution in [0, 0.1) is 0 Å². The number of H-pyrrole nitrogens is 1. The molecule has 0 aliphatic heterocycles. The van der Waals surface area contributed by atoms with E-state index in [0.29, 0.717) is 25.3 Å². The van der Waals surface area contributed by atoms with Gasteiger partial charge in [-0.1, -0.05) is 18.2 Å². The van der Waals surface area contributed by atoms with E-state index in [-0.39, 0.29) is 12.5 Å². The number of carbonyl (C=O) groups excluding carboxylic acids is 1. The molecule has 6 nitrogen and oxygen atoms in total. The first kappa shape index (κ1) is 14.1. The van der Waals surface area contributed by atoms with Crippen LogP contribution in [0.3, 0.4) is 0 Å². The van der Waals surface area contributed by atoms with Crippen molar-refractivity contribution in [2.45, 2.75) is 13.0 Å². The summed E-state index contributed by atoms with van der Waals surface area (Å²) in [5, 5.41) is 2.77. The third-order valence-corrected chi connectivity index (χ3v) is 2.79. The fraction of sp³-hybridized carbons (Fsp3) is 0.286. The molecule has 0 saturated carbocycles. The van der Waals surface area contributed by atoms with Crippen molar-refractivity contribution < 1.29 is 9.53 Å². The highest BCUT2D eigenvalue weighted by atomic mass is 16.5. The minimum absolute atomic E-state index is 0.0187.